The average Bonchev–Trinajstić information content (AvgIpc) is 2.78. The highest BCUT2D eigenvalue weighted by atomic mass is 16.6. The summed E-state index contributed by atoms with van der Waals surface area (Å²) >= 11 is 0. The summed E-state index contributed by atoms with van der Waals surface area (Å²) in [6.45, 7) is 8.56. The smallest absolute Gasteiger partial charge is 0.409 e. The Hall–Kier alpha value is -1.79. The molecule has 1 aromatic carbocycles. The first kappa shape index (κ1) is 22.9. The van der Waals surface area contributed by atoms with E-state index >= 15 is 0 Å². The number of rotatable bonds is 8. The first-order valence-corrected chi connectivity index (χ1v) is 11.6. The predicted molar refractivity (Wildman–Crippen MR) is 120 cm³/mol. The molecule has 2 saturated heterocycles. The van der Waals surface area contributed by atoms with Gasteiger partial charge in [-0.15, -0.1) is 0 Å². The Morgan fingerprint density at radius 1 is 1.17 bits per heavy atom. The second-order valence-corrected chi connectivity index (χ2v) is 8.73. The molecule has 2 heterocycles. The predicted octanol–water partition coefficient (Wildman–Crippen LogP) is 3.50. The van der Waals surface area contributed by atoms with E-state index in [1.165, 1.54) is 31.5 Å². The third-order valence-electron chi connectivity index (χ3n) is 6.65. The zero-order chi connectivity index (χ0) is 21.3. The van der Waals surface area contributed by atoms with Crippen molar-refractivity contribution in [2.45, 2.75) is 45.1 Å². The van der Waals surface area contributed by atoms with Crippen molar-refractivity contribution in [1.82, 2.24) is 14.7 Å². The van der Waals surface area contributed by atoms with Crippen molar-refractivity contribution >= 4 is 6.09 Å². The lowest BCUT2D eigenvalue weighted by Crippen LogP contribution is -2.48. The van der Waals surface area contributed by atoms with Crippen LogP contribution in [0.3, 0.4) is 0 Å². The summed E-state index contributed by atoms with van der Waals surface area (Å²) in [5.74, 6) is 1.73. The lowest BCUT2D eigenvalue weighted by atomic mass is 9.95. The van der Waals surface area contributed by atoms with Crippen LogP contribution in [-0.2, 0) is 11.2 Å². The lowest BCUT2D eigenvalue weighted by Gasteiger charge is -2.40. The summed E-state index contributed by atoms with van der Waals surface area (Å²) in [5, 5.41) is 0. The Labute approximate surface area is 182 Å². The van der Waals surface area contributed by atoms with E-state index in [2.05, 4.69) is 35.0 Å². The molecule has 0 aromatic heterocycles. The number of ether oxygens (including phenoxy) is 2. The van der Waals surface area contributed by atoms with Crippen LogP contribution in [0.1, 0.15) is 38.2 Å². The summed E-state index contributed by atoms with van der Waals surface area (Å²) in [4.78, 5) is 18.9. The highest BCUT2D eigenvalue weighted by Gasteiger charge is 2.28. The van der Waals surface area contributed by atoms with E-state index < -0.39 is 0 Å². The minimum Gasteiger partial charge on any atom is -0.496 e. The van der Waals surface area contributed by atoms with Crippen molar-refractivity contribution < 1.29 is 14.3 Å². The normalized spacial score (nSPS) is 21.1. The van der Waals surface area contributed by atoms with Crippen LogP contribution in [0.5, 0.6) is 5.75 Å². The molecule has 0 spiro atoms. The molecule has 168 valence electrons. The Balaban J connectivity index is 1.42. The van der Waals surface area contributed by atoms with Crippen LogP contribution in [0.2, 0.25) is 0 Å². The van der Waals surface area contributed by atoms with Gasteiger partial charge in [0.25, 0.3) is 0 Å². The van der Waals surface area contributed by atoms with Gasteiger partial charge >= 0.3 is 6.09 Å². The third-order valence-corrected chi connectivity index (χ3v) is 6.65. The number of piperidine rings is 2. The number of nitrogens with zero attached hydrogens (tertiary/aromatic N) is 3. The molecular weight excluding hydrogens is 378 g/mol. The SMILES string of the molecule is CCOC(=O)N1CCC(N(C)CC2CCCN(CCc3ccccc3OC)C2)CC1. The second-order valence-electron chi connectivity index (χ2n) is 8.73. The highest BCUT2D eigenvalue weighted by Crippen LogP contribution is 2.23. The fourth-order valence-electron chi connectivity index (χ4n) is 4.95. The number of carbonyl (C=O) groups excluding carboxylic acids is 1. The molecule has 6 heteroatoms. The molecule has 0 bridgehead atoms. The van der Waals surface area contributed by atoms with Gasteiger partial charge in [-0.3, -0.25) is 0 Å². The number of likely N-dealkylation sites (tertiary alicyclic amines) is 2. The number of amides is 1. The van der Waals surface area contributed by atoms with Gasteiger partial charge in [-0.05, 0) is 70.2 Å². The molecule has 0 radical (unpaired) electrons. The number of methoxy groups -OCH3 is 1. The zero-order valence-electron chi connectivity index (χ0n) is 19.0. The molecule has 1 atom stereocenters. The zero-order valence-corrected chi connectivity index (χ0v) is 19.0. The quantitative estimate of drug-likeness (QED) is 0.648. The molecule has 2 aliphatic heterocycles. The standard InChI is InChI=1S/C24H39N3O3/c1-4-30-24(28)27-16-12-22(13-17-27)25(2)18-20-8-7-14-26(19-20)15-11-21-9-5-6-10-23(21)29-3/h5-6,9-10,20,22H,4,7-8,11-19H2,1-3H3. The third kappa shape index (κ3) is 6.35. The monoisotopic (exact) mass is 417 g/mol. The van der Waals surface area contributed by atoms with Crippen LogP contribution in [0.25, 0.3) is 0 Å². The van der Waals surface area contributed by atoms with Gasteiger partial charge in [0.2, 0.25) is 0 Å². The van der Waals surface area contributed by atoms with Crippen molar-refractivity contribution in [3.63, 3.8) is 0 Å². The largest absolute Gasteiger partial charge is 0.496 e. The molecule has 2 aliphatic rings. The Morgan fingerprint density at radius 2 is 1.93 bits per heavy atom. The van der Waals surface area contributed by atoms with E-state index in [0.717, 1.165) is 57.1 Å². The van der Waals surface area contributed by atoms with Crippen molar-refractivity contribution in [2.75, 3.05) is 60.0 Å². The number of para-hydroxylation sites is 1. The minimum atomic E-state index is -0.156. The van der Waals surface area contributed by atoms with Gasteiger partial charge in [-0.25, -0.2) is 4.79 Å². The number of benzene rings is 1. The van der Waals surface area contributed by atoms with E-state index in [1.807, 2.05) is 17.9 Å². The molecule has 6 nitrogen and oxygen atoms in total. The molecule has 2 fully saturated rings. The van der Waals surface area contributed by atoms with Gasteiger partial charge in [-0.2, -0.15) is 0 Å². The first-order chi connectivity index (χ1) is 14.6. The molecule has 1 unspecified atom stereocenters. The van der Waals surface area contributed by atoms with E-state index in [-0.39, 0.29) is 6.09 Å². The summed E-state index contributed by atoms with van der Waals surface area (Å²) in [6, 6.07) is 8.93. The molecular formula is C24H39N3O3. The van der Waals surface area contributed by atoms with Crippen LogP contribution >= 0.6 is 0 Å². The molecule has 1 aromatic rings. The molecule has 3 rings (SSSR count). The van der Waals surface area contributed by atoms with Crippen LogP contribution < -0.4 is 4.74 Å². The molecule has 1 amide bonds. The Kier molecular flexibility index (Phi) is 8.82. The maximum absolute atomic E-state index is 11.9. The Morgan fingerprint density at radius 3 is 2.67 bits per heavy atom. The Bertz CT molecular complexity index is 661. The van der Waals surface area contributed by atoms with Crippen LogP contribution in [0, 0.1) is 5.92 Å². The fraction of sp³-hybridized carbons (Fsp3) is 0.708. The highest BCUT2D eigenvalue weighted by molar-refractivity contribution is 5.67. The minimum absolute atomic E-state index is 0.156. The number of hydrogen-bond donors (Lipinski definition) is 0. The van der Waals surface area contributed by atoms with Gasteiger partial charge in [0, 0.05) is 38.8 Å². The molecule has 30 heavy (non-hydrogen) atoms. The van der Waals surface area contributed by atoms with Crippen LogP contribution in [-0.4, -0.2) is 86.9 Å². The van der Waals surface area contributed by atoms with Crippen molar-refractivity contribution in [2.24, 2.45) is 5.92 Å². The lowest BCUT2D eigenvalue weighted by molar-refractivity contribution is 0.0702. The summed E-state index contributed by atoms with van der Waals surface area (Å²) in [6.07, 6.45) is 5.57. The van der Waals surface area contributed by atoms with Crippen LogP contribution in [0.15, 0.2) is 24.3 Å². The molecule has 0 aliphatic carbocycles. The van der Waals surface area contributed by atoms with E-state index in [1.54, 1.807) is 7.11 Å². The number of hydrogen-bond acceptors (Lipinski definition) is 5. The first-order valence-electron chi connectivity index (χ1n) is 11.6. The van der Waals surface area contributed by atoms with Crippen molar-refractivity contribution in [3.8, 4) is 5.75 Å². The second kappa shape index (κ2) is 11.6. The van der Waals surface area contributed by atoms with Crippen LogP contribution in [0.4, 0.5) is 4.79 Å². The topological polar surface area (TPSA) is 45.2 Å². The average molecular weight is 418 g/mol. The van der Waals surface area contributed by atoms with Gasteiger partial charge in [0.15, 0.2) is 0 Å². The molecule has 0 N–H and O–H groups in total. The maximum atomic E-state index is 11.9. The van der Waals surface area contributed by atoms with Gasteiger partial charge in [0.1, 0.15) is 5.75 Å². The maximum Gasteiger partial charge on any atom is 0.409 e. The summed E-state index contributed by atoms with van der Waals surface area (Å²) in [5.41, 5.74) is 1.30. The van der Waals surface area contributed by atoms with Gasteiger partial charge in [0.05, 0.1) is 13.7 Å². The van der Waals surface area contributed by atoms with Crippen molar-refractivity contribution in [1.29, 1.82) is 0 Å². The van der Waals surface area contributed by atoms with E-state index in [4.69, 9.17) is 9.47 Å². The summed E-state index contributed by atoms with van der Waals surface area (Å²) in [7, 11) is 4.02. The van der Waals surface area contributed by atoms with E-state index in [0.29, 0.717) is 12.6 Å². The van der Waals surface area contributed by atoms with Crippen molar-refractivity contribution in [3.05, 3.63) is 29.8 Å². The molecule has 0 saturated carbocycles. The number of carbonyl (C=O) groups is 1. The summed E-state index contributed by atoms with van der Waals surface area (Å²) < 4.78 is 10.6. The fourth-order valence-corrected chi connectivity index (χ4v) is 4.95. The van der Waals surface area contributed by atoms with Gasteiger partial charge in [-0.1, -0.05) is 18.2 Å². The van der Waals surface area contributed by atoms with Gasteiger partial charge < -0.3 is 24.2 Å². The van der Waals surface area contributed by atoms with E-state index in [9.17, 15) is 4.79 Å².